The summed E-state index contributed by atoms with van der Waals surface area (Å²) in [5, 5.41) is 0. The average molecular weight is 346 g/mol. The molecule has 1 fully saturated rings. The highest BCUT2D eigenvalue weighted by Gasteiger charge is 2.31. The normalized spacial score (nSPS) is 14.4. The summed E-state index contributed by atoms with van der Waals surface area (Å²) >= 11 is 0. The second kappa shape index (κ2) is 8.11. The molecule has 0 radical (unpaired) electrons. The van der Waals surface area contributed by atoms with Crippen molar-refractivity contribution in [3.05, 3.63) is 29.3 Å². The fraction of sp³-hybridized carbons (Fsp3) is 0.500. The van der Waals surface area contributed by atoms with Crippen LogP contribution in [0.5, 0.6) is 0 Å². The molecule has 3 amide bonds. The van der Waals surface area contributed by atoms with Crippen LogP contribution < -0.4 is 10.6 Å². The molecule has 0 bridgehead atoms. The maximum absolute atomic E-state index is 12.4. The Morgan fingerprint density at radius 2 is 1.76 bits per heavy atom. The molecule has 1 aliphatic heterocycles. The maximum Gasteiger partial charge on any atom is 0.318 e. The van der Waals surface area contributed by atoms with Gasteiger partial charge in [0.25, 0.3) is 0 Å². The standard InChI is InChI=1S/C18H26N4O3/c1-13-5-4-6-16(14(13)2)20-9-11-21(12-10-20)17(24)18(25)22(8-7-19)15(3)23/h4-6H,7-12,19H2,1-3H3. The molecular formula is C18H26N4O3. The van der Waals surface area contributed by atoms with Gasteiger partial charge in [-0.25, -0.2) is 0 Å². The zero-order chi connectivity index (χ0) is 18.6. The quantitative estimate of drug-likeness (QED) is 0.795. The summed E-state index contributed by atoms with van der Waals surface area (Å²) in [5.41, 5.74) is 9.03. The van der Waals surface area contributed by atoms with Crippen LogP contribution in [-0.4, -0.2) is 66.8 Å². The number of nitrogens with two attached hydrogens (primary N) is 1. The Morgan fingerprint density at radius 3 is 2.32 bits per heavy atom. The van der Waals surface area contributed by atoms with E-state index in [1.165, 1.54) is 23.0 Å². The lowest BCUT2D eigenvalue weighted by atomic mass is 10.1. The number of aryl methyl sites for hydroxylation is 1. The minimum absolute atomic E-state index is 0.0579. The van der Waals surface area contributed by atoms with E-state index in [-0.39, 0.29) is 13.1 Å². The number of nitrogens with zero attached hydrogens (tertiary/aromatic N) is 3. The first kappa shape index (κ1) is 18.9. The molecule has 0 aliphatic carbocycles. The summed E-state index contributed by atoms with van der Waals surface area (Å²) in [6.45, 7) is 7.83. The molecule has 0 saturated carbocycles. The molecule has 7 heteroatoms. The zero-order valence-corrected chi connectivity index (χ0v) is 15.1. The van der Waals surface area contributed by atoms with E-state index in [0.29, 0.717) is 26.2 Å². The van der Waals surface area contributed by atoms with Crippen molar-refractivity contribution >= 4 is 23.4 Å². The first-order chi connectivity index (χ1) is 11.9. The Balaban J connectivity index is 2.01. The zero-order valence-electron chi connectivity index (χ0n) is 15.1. The molecule has 2 rings (SSSR count). The topological polar surface area (TPSA) is 86.9 Å². The van der Waals surface area contributed by atoms with Gasteiger partial charge in [0, 0.05) is 51.9 Å². The lowest BCUT2D eigenvalue weighted by Gasteiger charge is -2.37. The van der Waals surface area contributed by atoms with Gasteiger partial charge < -0.3 is 15.5 Å². The number of anilines is 1. The molecule has 2 N–H and O–H groups in total. The van der Waals surface area contributed by atoms with Crippen molar-refractivity contribution in [3.8, 4) is 0 Å². The summed E-state index contributed by atoms with van der Waals surface area (Å²) in [5.74, 6) is -1.89. The molecule has 1 heterocycles. The number of amides is 3. The molecule has 136 valence electrons. The molecule has 7 nitrogen and oxygen atoms in total. The van der Waals surface area contributed by atoms with E-state index in [1.54, 1.807) is 0 Å². The third-order valence-electron chi connectivity index (χ3n) is 4.64. The van der Waals surface area contributed by atoms with E-state index in [0.717, 1.165) is 10.6 Å². The van der Waals surface area contributed by atoms with Gasteiger partial charge in [-0.05, 0) is 31.0 Å². The Bertz CT molecular complexity index is 666. The highest BCUT2D eigenvalue weighted by atomic mass is 16.2. The Labute approximate surface area is 148 Å². The van der Waals surface area contributed by atoms with Gasteiger partial charge in [-0.1, -0.05) is 12.1 Å². The molecule has 0 aromatic heterocycles. The monoisotopic (exact) mass is 346 g/mol. The highest BCUT2D eigenvalue weighted by Crippen LogP contribution is 2.23. The van der Waals surface area contributed by atoms with Crippen LogP contribution in [-0.2, 0) is 14.4 Å². The van der Waals surface area contributed by atoms with Gasteiger partial charge in [0.2, 0.25) is 5.91 Å². The van der Waals surface area contributed by atoms with Crippen LogP contribution in [0.15, 0.2) is 18.2 Å². The van der Waals surface area contributed by atoms with Crippen molar-refractivity contribution in [1.29, 1.82) is 0 Å². The molecule has 1 aromatic carbocycles. The predicted octanol–water partition coefficient (Wildman–Crippen LogP) is 0.286. The van der Waals surface area contributed by atoms with Gasteiger partial charge in [-0.3, -0.25) is 19.3 Å². The van der Waals surface area contributed by atoms with Gasteiger partial charge in [0.15, 0.2) is 0 Å². The van der Waals surface area contributed by atoms with Gasteiger partial charge in [-0.2, -0.15) is 0 Å². The molecule has 0 spiro atoms. The van der Waals surface area contributed by atoms with Crippen molar-refractivity contribution < 1.29 is 14.4 Å². The van der Waals surface area contributed by atoms with Gasteiger partial charge in [0.1, 0.15) is 0 Å². The smallest absolute Gasteiger partial charge is 0.318 e. The first-order valence-electron chi connectivity index (χ1n) is 8.49. The molecule has 1 aliphatic rings. The van der Waals surface area contributed by atoms with Crippen molar-refractivity contribution in [1.82, 2.24) is 9.80 Å². The average Bonchev–Trinajstić information content (AvgIpc) is 2.60. The second-order valence-electron chi connectivity index (χ2n) is 6.26. The molecule has 1 aromatic rings. The summed E-state index contributed by atoms with van der Waals surface area (Å²) in [4.78, 5) is 40.9. The van der Waals surface area contributed by atoms with E-state index in [1.807, 2.05) is 6.07 Å². The Morgan fingerprint density at radius 1 is 1.12 bits per heavy atom. The van der Waals surface area contributed by atoms with E-state index in [4.69, 9.17) is 5.73 Å². The van der Waals surface area contributed by atoms with Gasteiger partial charge in [0.05, 0.1) is 0 Å². The van der Waals surface area contributed by atoms with Crippen LogP contribution in [0.25, 0.3) is 0 Å². The van der Waals surface area contributed by atoms with Gasteiger partial charge >= 0.3 is 11.8 Å². The van der Waals surface area contributed by atoms with Crippen LogP contribution in [0.4, 0.5) is 5.69 Å². The van der Waals surface area contributed by atoms with Crippen LogP contribution in [0.3, 0.4) is 0 Å². The number of piperazine rings is 1. The largest absolute Gasteiger partial charge is 0.368 e. The first-order valence-corrected chi connectivity index (χ1v) is 8.49. The number of hydrogen-bond donors (Lipinski definition) is 1. The van der Waals surface area contributed by atoms with Crippen LogP contribution >= 0.6 is 0 Å². The fourth-order valence-corrected chi connectivity index (χ4v) is 3.01. The van der Waals surface area contributed by atoms with Crippen LogP contribution in [0.1, 0.15) is 18.1 Å². The summed E-state index contributed by atoms with van der Waals surface area (Å²) < 4.78 is 0. The number of rotatable bonds is 3. The van der Waals surface area contributed by atoms with Crippen molar-refractivity contribution in [3.63, 3.8) is 0 Å². The number of carbonyl (C=O) groups is 3. The molecule has 0 unspecified atom stereocenters. The van der Waals surface area contributed by atoms with Crippen molar-refractivity contribution in [2.24, 2.45) is 5.73 Å². The Kier molecular flexibility index (Phi) is 6.14. The van der Waals surface area contributed by atoms with Crippen molar-refractivity contribution in [2.45, 2.75) is 20.8 Å². The van der Waals surface area contributed by atoms with Crippen LogP contribution in [0.2, 0.25) is 0 Å². The van der Waals surface area contributed by atoms with Crippen LogP contribution in [0, 0.1) is 13.8 Å². The molecule has 1 saturated heterocycles. The number of carbonyl (C=O) groups excluding carboxylic acids is 3. The SMILES string of the molecule is CC(=O)N(CCN)C(=O)C(=O)N1CCN(c2cccc(C)c2C)CC1. The van der Waals surface area contributed by atoms with E-state index < -0.39 is 17.7 Å². The number of hydrogen-bond acceptors (Lipinski definition) is 5. The lowest BCUT2D eigenvalue weighted by Crippen LogP contribution is -2.54. The Hall–Kier alpha value is -2.41. The molecule has 25 heavy (non-hydrogen) atoms. The predicted molar refractivity (Wildman–Crippen MR) is 96.2 cm³/mol. The maximum atomic E-state index is 12.4. The summed E-state index contributed by atoms with van der Waals surface area (Å²) in [6.07, 6.45) is 0. The molecular weight excluding hydrogens is 320 g/mol. The minimum Gasteiger partial charge on any atom is -0.368 e. The summed E-state index contributed by atoms with van der Waals surface area (Å²) in [6, 6.07) is 6.17. The van der Waals surface area contributed by atoms with Gasteiger partial charge in [-0.15, -0.1) is 0 Å². The highest BCUT2D eigenvalue weighted by molar-refractivity contribution is 6.37. The van der Waals surface area contributed by atoms with E-state index in [9.17, 15) is 14.4 Å². The fourth-order valence-electron chi connectivity index (χ4n) is 3.01. The van der Waals surface area contributed by atoms with Crippen molar-refractivity contribution in [2.75, 3.05) is 44.2 Å². The number of benzene rings is 1. The van der Waals surface area contributed by atoms with E-state index in [2.05, 4.69) is 30.9 Å². The minimum atomic E-state index is -0.793. The third kappa shape index (κ3) is 4.17. The second-order valence-corrected chi connectivity index (χ2v) is 6.26. The molecule has 0 atom stereocenters. The third-order valence-corrected chi connectivity index (χ3v) is 4.64. The lowest BCUT2D eigenvalue weighted by molar-refractivity contribution is -0.156. The number of imide groups is 1. The summed E-state index contributed by atoms with van der Waals surface area (Å²) in [7, 11) is 0. The van der Waals surface area contributed by atoms with E-state index >= 15 is 0 Å².